The van der Waals surface area contributed by atoms with Gasteiger partial charge in [0.2, 0.25) is 11.8 Å². The lowest BCUT2D eigenvalue weighted by molar-refractivity contribution is -0.157. The first-order valence-electron chi connectivity index (χ1n) is 18.4. The highest BCUT2D eigenvalue weighted by atomic mass is 16.5. The highest BCUT2D eigenvalue weighted by Gasteiger charge is 2.36. The van der Waals surface area contributed by atoms with E-state index in [2.05, 4.69) is 24.5 Å². The summed E-state index contributed by atoms with van der Waals surface area (Å²) in [5, 5.41) is 5.85. The van der Waals surface area contributed by atoms with Crippen LogP contribution in [0.2, 0.25) is 0 Å². The quantitative estimate of drug-likeness (QED) is 0.0967. The summed E-state index contributed by atoms with van der Waals surface area (Å²) in [7, 11) is 3.29. The van der Waals surface area contributed by atoms with Gasteiger partial charge in [0.05, 0.1) is 20.3 Å². The first kappa shape index (κ1) is 43.2. The number of amides is 2. The van der Waals surface area contributed by atoms with Gasteiger partial charge in [-0.25, -0.2) is 4.79 Å². The molecule has 0 radical (unpaired) electrons. The van der Waals surface area contributed by atoms with Crippen LogP contribution in [0, 0.1) is 35.5 Å². The molecule has 1 aliphatic heterocycles. The third-order valence-electron chi connectivity index (χ3n) is 9.70. The number of methoxy groups -OCH3 is 2. The molecule has 5 atom stereocenters. The van der Waals surface area contributed by atoms with E-state index < -0.39 is 36.0 Å². The lowest BCUT2D eigenvalue weighted by Gasteiger charge is -2.34. The van der Waals surface area contributed by atoms with Crippen molar-refractivity contribution >= 4 is 17.8 Å². The van der Waals surface area contributed by atoms with E-state index in [1.165, 1.54) is 0 Å². The molecular weight excluding hydrogens is 640 g/mol. The largest absolute Gasteiger partial charge is 0.493 e. The van der Waals surface area contributed by atoms with Crippen LogP contribution < -0.4 is 31.6 Å². The van der Waals surface area contributed by atoms with Crippen molar-refractivity contribution in [1.82, 2.24) is 10.6 Å². The Morgan fingerprint density at radius 3 is 2.22 bits per heavy atom. The van der Waals surface area contributed by atoms with Crippen LogP contribution in [0.25, 0.3) is 0 Å². The summed E-state index contributed by atoms with van der Waals surface area (Å²) >= 11 is 0. The number of nitrogens with one attached hydrogen (secondary N) is 2. The second kappa shape index (κ2) is 22.8. The lowest BCUT2D eigenvalue weighted by Crippen LogP contribution is -2.51. The molecule has 0 saturated carbocycles. The Balaban J connectivity index is 2.32. The van der Waals surface area contributed by atoms with E-state index >= 15 is 0 Å². The van der Waals surface area contributed by atoms with Crippen molar-refractivity contribution in [3.63, 3.8) is 0 Å². The van der Waals surface area contributed by atoms with Crippen LogP contribution in [0.4, 0.5) is 0 Å². The van der Waals surface area contributed by atoms with Crippen LogP contribution in [0.1, 0.15) is 79.2 Å². The minimum Gasteiger partial charge on any atom is -0.493 e. The predicted molar refractivity (Wildman–Crippen MR) is 195 cm³/mol. The zero-order valence-corrected chi connectivity index (χ0v) is 31.8. The molecule has 1 aromatic carbocycles. The number of hydrogen-bond acceptors (Lipinski definition) is 10. The summed E-state index contributed by atoms with van der Waals surface area (Å²) in [6.45, 7) is 14.8. The number of carbonyl (C=O) groups is 3. The molecule has 1 aromatic rings. The lowest BCUT2D eigenvalue weighted by atomic mass is 9.80. The summed E-state index contributed by atoms with van der Waals surface area (Å²) in [4.78, 5) is 39.5. The fourth-order valence-corrected chi connectivity index (χ4v) is 6.26. The van der Waals surface area contributed by atoms with Crippen molar-refractivity contribution in [2.24, 2.45) is 47.0 Å². The fourth-order valence-electron chi connectivity index (χ4n) is 6.26. The zero-order valence-electron chi connectivity index (χ0n) is 31.8. The van der Waals surface area contributed by atoms with Crippen molar-refractivity contribution in [1.29, 1.82) is 0 Å². The standard InChI is InChI=1S/C38H66N4O8/c1-24(2)29(18-28-10-11-32(47-8)34(19-28)49-15-9-14-46-7)20-31(40)33(50-38(45)36(26(5)6)42-35(43)22-39)21-30(25(3)4)37(44)41-23-27-12-16-48-17-13-27/h10-11,19,24-27,29-31,33,36H,9,12-18,20-23,39-40H2,1-8H3,(H,41,44)(H,42,43)/t29-,30?,31-,33?,36?/m0/s1. The van der Waals surface area contributed by atoms with Crippen LogP contribution >= 0.6 is 0 Å². The molecule has 3 unspecified atom stereocenters. The normalized spacial score (nSPS) is 16.8. The number of carbonyl (C=O) groups excluding carboxylic acids is 3. The Hall–Kier alpha value is -2.93. The topological polar surface area (TPSA) is 173 Å². The molecule has 1 fully saturated rings. The highest BCUT2D eigenvalue weighted by Crippen LogP contribution is 2.32. The molecule has 2 amide bonds. The van der Waals surface area contributed by atoms with E-state index in [4.69, 9.17) is 35.2 Å². The number of esters is 1. The Bertz CT molecular complexity index is 1160. The molecule has 286 valence electrons. The summed E-state index contributed by atoms with van der Waals surface area (Å²) < 4.78 is 28.4. The molecule has 50 heavy (non-hydrogen) atoms. The number of benzene rings is 1. The van der Waals surface area contributed by atoms with E-state index in [0.29, 0.717) is 63.2 Å². The van der Waals surface area contributed by atoms with Crippen LogP contribution in [-0.4, -0.2) is 89.7 Å². The van der Waals surface area contributed by atoms with Gasteiger partial charge in [-0.2, -0.15) is 0 Å². The minimum atomic E-state index is -0.900. The molecule has 0 bridgehead atoms. The highest BCUT2D eigenvalue weighted by molar-refractivity contribution is 5.85. The monoisotopic (exact) mass is 706 g/mol. The van der Waals surface area contributed by atoms with Crippen molar-refractivity contribution in [2.75, 3.05) is 53.7 Å². The maximum Gasteiger partial charge on any atom is 0.329 e. The second-order valence-electron chi connectivity index (χ2n) is 14.6. The van der Waals surface area contributed by atoms with Crippen LogP contribution in [0.5, 0.6) is 11.5 Å². The fraction of sp³-hybridized carbons (Fsp3) is 0.763. The summed E-state index contributed by atoms with van der Waals surface area (Å²) in [5.41, 5.74) is 13.6. The first-order chi connectivity index (χ1) is 23.8. The van der Waals surface area contributed by atoms with Crippen LogP contribution in [0.15, 0.2) is 18.2 Å². The number of ether oxygens (including phenoxy) is 5. The third-order valence-corrected chi connectivity index (χ3v) is 9.70. The van der Waals surface area contributed by atoms with E-state index in [9.17, 15) is 14.4 Å². The van der Waals surface area contributed by atoms with E-state index in [1.54, 1.807) is 14.2 Å². The van der Waals surface area contributed by atoms with Gasteiger partial charge in [-0.15, -0.1) is 0 Å². The molecule has 1 aliphatic rings. The van der Waals surface area contributed by atoms with Gasteiger partial charge in [0, 0.05) is 51.9 Å². The van der Waals surface area contributed by atoms with Gasteiger partial charge in [0.1, 0.15) is 12.1 Å². The van der Waals surface area contributed by atoms with Crippen molar-refractivity contribution in [3.8, 4) is 11.5 Å². The van der Waals surface area contributed by atoms with Gasteiger partial charge in [-0.05, 0) is 79.4 Å². The van der Waals surface area contributed by atoms with Crippen molar-refractivity contribution in [3.05, 3.63) is 23.8 Å². The van der Waals surface area contributed by atoms with Gasteiger partial charge in [0.15, 0.2) is 11.5 Å². The van der Waals surface area contributed by atoms with Gasteiger partial charge < -0.3 is 45.8 Å². The molecular formula is C38H66N4O8. The Morgan fingerprint density at radius 1 is 0.940 bits per heavy atom. The molecule has 2 rings (SSSR count). The zero-order chi connectivity index (χ0) is 37.2. The van der Waals surface area contributed by atoms with E-state index in [1.807, 2.05) is 45.9 Å². The molecule has 0 spiro atoms. The average molecular weight is 707 g/mol. The molecule has 0 aliphatic carbocycles. The van der Waals surface area contributed by atoms with Gasteiger partial charge in [-0.3, -0.25) is 9.59 Å². The van der Waals surface area contributed by atoms with E-state index in [0.717, 1.165) is 24.8 Å². The molecule has 12 nitrogen and oxygen atoms in total. The molecule has 1 saturated heterocycles. The van der Waals surface area contributed by atoms with Crippen LogP contribution in [-0.2, 0) is 35.0 Å². The number of hydrogen-bond donors (Lipinski definition) is 4. The Labute approximate surface area is 300 Å². The molecule has 0 aromatic heterocycles. The summed E-state index contributed by atoms with van der Waals surface area (Å²) in [5.74, 6) is 0.254. The smallest absolute Gasteiger partial charge is 0.329 e. The maximum atomic E-state index is 13.7. The molecule has 1 heterocycles. The second-order valence-corrected chi connectivity index (χ2v) is 14.6. The van der Waals surface area contributed by atoms with E-state index in [-0.39, 0.29) is 42.5 Å². The first-order valence-corrected chi connectivity index (χ1v) is 18.4. The molecule has 12 heteroatoms. The van der Waals surface area contributed by atoms with Gasteiger partial charge in [0.25, 0.3) is 0 Å². The minimum absolute atomic E-state index is 0.0292. The average Bonchev–Trinajstić information content (AvgIpc) is 3.09. The predicted octanol–water partition coefficient (Wildman–Crippen LogP) is 3.86. The summed E-state index contributed by atoms with van der Waals surface area (Å²) in [6.07, 6.45) is 3.33. The van der Waals surface area contributed by atoms with Crippen LogP contribution in [0.3, 0.4) is 0 Å². The molecule has 6 N–H and O–H groups in total. The Morgan fingerprint density at radius 2 is 1.64 bits per heavy atom. The third kappa shape index (κ3) is 14.7. The Kier molecular flexibility index (Phi) is 19.7. The maximum absolute atomic E-state index is 13.7. The van der Waals surface area contributed by atoms with Crippen molar-refractivity contribution < 1.29 is 38.1 Å². The number of nitrogens with two attached hydrogens (primary N) is 2. The van der Waals surface area contributed by atoms with Gasteiger partial charge >= 0.3 is 5.97 Å². The van der Waals surface area contributed by atoms with Gasteiger partial charge in [-0.1, -0.05) is 47.6 Å². The summed E-state index contributed by atoms with van der Waals surface area (Å²) in [6, 6.07) is 4.48. The number of rotatable bonds is 23. The SMILES string of the molecule is COCCCOc1cc(C[C@@H](C[C@H](N)C(CC(C(=O)NCC2CCOCC2)C(C)C)OC(=O)C(NC(=O)CN)C(C)C)C(C)C)ccc1OC. The van der Waals surface area contributed by atoms with Crippen molar-refractivity contribution in [2.45, 2.75) is 98.3 Å².